The van der Waals surface area contributed by atoms with Gasteiger partial charge in [0.15, 0.2) is 0 Å². The van der Waals surface area contributed by atoms with Crippen LogP contribution in [-0.2, 0) is 16.0 Å². The monoisotopic (exact) mass is 376 g/mol. The molecule has 2 rings (SSSR count). The fraction of sp³-hybridized carbons (Fsp3) is 0.619. The Hall–Kier alpha value is -2.08. The van der Waals surface area contributed by atoms with Gasteiger partial charge in [-0.05, 0) is 63.4 Å². The van der Waals surface area contributed by atoms with Crippen molar-refractivity contribution < 1.29 is 19.4 Å². The molecule has 1 aromatic carbocycles. The van der Waals surface area contributed by atoms with E-state index < -0.39 is 5.97 Å². The molecule has 1 aromatic rings. The molecule has 150 valence electrons. The van der Waals surface area contributed by atoms with Crippen molar-refractivity contribution in [2.45, 2.75) is 45.1 Å². The van der Waals surface area contributed by atoms with Crippen molar-refractivity contribution in [3.05, 3.63) is 29.3 Å². The number of hydrogen-bond donors (Lipinski definition) is 1. The molecule has 1 saturated heterocycles. The Kier molecular flexibility index (Phi) is 7.66. The van der Waals surface area contributed by atoms with Crippen molar-refractivity contribution in [3.63, 3.8) is 0 Å². The van der Waals surface area contributed by atoms with Crippen LogP contribution in [0.2, 0.25) is 0 Å². The second kappa shape index (κ2) is 9.74. The first-order valence-corrected chi connectivity index (χ1v) is 9.61. The molecule has 1 N–H and O–H groups in total. The number of carboxylic acids is 1. The number of likely N-dealkylation sites (tertiary alicyclic amines) is 1. The van der Waals surface area contributed by atoms with Gasteiger partial charge >= 0.3 is 5.97 Å². The standard InChI is InChI=1S/C21H32N2O4/c1-15-5-6-16(13-19(15)27-4)7-9-20(24)23-12-11-18(22(2)3)17(14-23)8-10-21(25)26/h5-6,13,17-18H,7-12,14H2,1-4H3,(H,25,26)/t17-,18+/m1/s1. The van der Waals surface area contributed by atoms with Gasteiger partial charge in [0, 0.05) is 32.0 Å². The Balaban J connectivity index is 1.94. The maximum atomic E-state index is 12.7. The van der Waals surface area contributed by atoms with Gasteiger partial charge in [0.05, 0.1) is 7.11 Å². The molecule has 6 nitrogen and oxygen atoms in total. The molecule has 1 aliphatic rings. The number of aliphatic carboxylic acids is 1. The first-order valence-electron chi connectivity index (χ1n) is 9.61. The Labute approximate surface area is 162 Å². The lowest BCUT2D eigenvalue weighted by atomic mass is 9.87. The first-order chi connectivity index (χ1) is 12.8. The SMILES string of the molecule is COc1cc(CCC(=O)N2CC[C@H](N(C)C)[C@H](CCC(=O)O)C2)ccc1C. The molecule has 0 bridgehead atoms. The smallest absolute Gasteiger partial charge is 0.303 e. The Bertz CT molecular complexity index is 660. The number of carbonyl (C=O) groups is 2. The zero-order valence-corrected chi connectivity index (χ0v) is 16.9. The van der Waals surface area contributed by atoms with E-state index in [4.69, 9.17) is 9.84 Å². The maximum absolute atomic E-state index is 12.7. The third-order valence-electron chi connectivity index (χ3n) is 5.54. The number of methoxy groups -OCH3 is 1. The van der Waals surface area contributed by atoms with E-state index in [2.05, 4.69) is 4.90 Å². The van der Waals surface area contributed by atoms with Crippen LogP contribution in [0.15, 0.2) is 18.2 Å². The molecule has 1 aliphatic heterocycles. The molecule has 1 fully saturated rings. The van der Waals surface area contributed by atoms with Crippen molar-refractivity contribution in [3.8, 4) is 5.75 Å². The summed E-state index contributed by atoms with van der Waals surface area (Å²) in [4.78, 5) is 27.8. The van der Waals surface area contributed by atoms with Gasteiger partial charge in [-0.15, -0.1) is 0 Å². The van der Waals surface area contributed by atoms with Crippen LogP contribution in [0.1, 0.15) is 36.8 Å². The second-order valence-corrected chi connectivity index (χ2v) is 7.66. The number of carbonyl (C=O) groups excluding carboxylic acids is 1. The normalized spacial score (nSPS) is 20.0. The van der Waals surface area contributed by atoms with Gasteiger partial charge in [0.2, 0.25) is 5.91 Å². The summed E-state index contributed by atoms with van der Waals surface area (Å²) in [6, 6.07) is 6.38. The third-order valence-corrected chi connectivity index (χ3v) is 5.54. The number of rotatable bonds is 8. The highest BCUT2D eigenvalue weighted by Gasteiger charge is 2.32. The zero-order valence-electron chi connectivity index (χ0n) is 16.9. The van der Waals surface area contributed by atoms with Gasteiger partial charge in [-0.25, -0.2) is 0 Å². The number of carboxylic acid groups (broad SMARTS) is 1. The Morgan fingerprint density at radius 3 is 2.67 bits per heavy atom. The largest absolute Gasteiger partial charge is 0.496 e. The second-order valence-electron chi connectivity index (χ2n) is 7.66. The van der Waals surface area contributed by atoms with Crippen LogP contribution in [0.5, 0.6) is 5.75 Å². The van der Waals surface area contributed by atoms with E-state index in [1.807, 2.05) is 44.1 Å². The van der Waals surface area contributed by atoms with Crippen molar-refractivity contribution in [2.24, 2.45) is 5.92 Å². The molecule has 0 aliphatic carbocycles. The predicted octanol–water partition coefficient (Wildman–Crippen LogP) is 2.58. The number of nitrogens with zero attached hydrogens (tertiary/aromatic N) is 2. The fourth-order valence-corrected chi connectivity index (χ4v) is 3.95. The molecule has 0 unspecified atom stereocenters. The van der Waals surface area contributed by atoms with Crippen molar-refractivity contribution in [1.82, 2.24) is 9.80 Å². The molecule has 0 aromatic heterocycles. The molecule has 6 heteroatoms. The summed E-state index contributed by atoms with van der Waals surface area (Å²) in [5.74, 6) is 0.421. The lowest BCUT2D eigenvalue weighted by Crippen LogP contribution is -2.50. The Morgan fingerprint density at radius 1 is 1.30 bits per heavy atom. The highest BCUT2D eigenvalue weighted by Crippen LogP contribution is 2.26. The highest BCUT2D eigenvalue weighted by atomic mass is 16.5. The number of ether oxygens (including phenoxy) is 1. The molecule has 2 atom stereocenters. The molecule has 0 spiro atoms. The average Bonchev–Trinajstić information content (AvgIpc) is 2.64. The number of aryl methyl sites for hydroxylation is 2. The Morgan fingerprint density at radius 2 is 2.04 bits per heavy atom. The molecule has 27 heavy (non-hydrogen) atoms. The molecule has 0 saturated carbocycles. The van der Waals surface area contributed by atoms with E-state index in [1.165, 1.54) is 0 Å². The van der Waals surface area contributed by atoms with E-state index >= 15 is 0 Å². The van der Waals surface area contributed by atoms with Gasteiger partial charge in [-0.3, -0.25) is 9.59 Å². The molecular formula is C21H32N2O4. The molecule has 0 radical (unpaired) electrons. The number of hydrogen-bond acceptors (Lipinski definition) is 4. The van der Waals surface area contributed by atoms with E-state index in [1.54, 1.807) is 7.11 Å². The summed E-state index contributed by atoms with van der Waals surface area (Å²) < 4.78 is 5.36. The lowest BCUT2D eigenvalue weighted by molar-refractivity contribution is -0.137. The summed E-state index contributed by atoms with van der Waals surface area (Å²) in [5.41, 5.74) is 2.18. The minimum atomic E-state index is -0.774. The highest BCUT2D eigenvalue weighted by molar-refractivity contribution is 5.76. The van der Waals surface area contributed by atoms with E-state index in [0.717, 1.165) is 29.8 Å². The lowest BCUT2D eigenvalue weighted by Gasteiger charge is -2.41. The van der Waals surface area contributed by atoms with Crippen LogP contribution in [0.25, 0.3) is 0 Å². The predicted molar refractivity (Wildman–Crippen MR) is 105 cm³/mol. The van der Waals surface area contributed by atoms with Crippen LogP contribution < -0.4 is 4.74 Å². The first kappa shape index (κ1) is 21.2. The van der Waals surface area contributed by atoms with Crippen molar-refractivity contribution in [2.75, 3.05) is 34.3 Å². The molecular weight excluding hydrogens is 344 g/mol. The zero-order chi connectivity index (χ0) is 20.0. The number of piperidine rings is 1. The summed E-state index contributed by atoms with van der Waals surface area (Å²) in [5, 5.41) is 9.01. The number of amides is 1. The topological polar surface area (TPSA) is 70.1 Å². The van der Waals surface area contributed by atoms with Crippen LogP contribution in [0, 0.1) is 12.8 Å². The van der Waals surface area contributed by atoms with Gasteiger partial charge in [0.25, 0.3) is 0 Å². The van der Waals surface area contributed by atoms with Gasteiger partial charge in [-0.2, -0.15) is 0 Å². The fourth-order valence-electron chi connectivity index (χ4n) is 3.95. The number of benzene rings is 1. The van der Waals surface area contributed by atoms with Crippen LogP contribution in [0.3, 0.4) is 0 Å². The summed E-state index contributed by atoms with van der Waals surface area (Å²) in [6.07, 6.45) is 2.80. The quantitative estimate of drug-likeness (QED) is 0.755. The minimum Gasteiger partial charge on any atom is -0.496 e. The van der Waals surface area contributed by atoms with Crippen LogP contribution in [0.4, 0.5) is 0 Å². The minimum absolute atomic E-state index is 0.145. The summed E-state index contributed by atoms with van der Waals surface area (Å²) in [7, 11) is 5.71. The molecule has 1 heterocycles. The average molecular weight is 376 g/mol. The van der Waals surface area contributed by atoms with Crippen molar-refractivity contribution in [1.29, 1.82) is 0 Å². The van der Waals surface area contributed by atoms with Gasteiger partial charge in [0.1, 0.15) is 5.75 Å². The van der Waals surface area contributed by atoms with Crippen molar-refractivity contribution >= 4 is 11.9 Å². The van der Waals surface area contributed by atoms with E-state index in [-0.39, 0.29) is 18.2 Å². The summed E-state index contributed by atoms with van der Waals surface area (Å²) >= 11 is 0. The molecule has 1 amide bonds. The van der Waals surface area contributed by atoms with Crippen LogP contribution in [-0.4, -0.2) is 67.1 Å². The maximum Gasteiger partial charge on any atom is 0.303 e. The van der Waals surface area contributed by atoms with E-state index in [9.17, 15) is 9.59 Å². The summed E-state index contributed by atoms with van der Waals surface area (Å²) in [6.45, 7) is 3.38. The van der Waals surface area contributed by atoms with Gasteiger partial charge < -0.3 is 19.6 Å². The van der Waals surface area contributed by atoms with Crippen LogP contribution >= 0.6 is 0 Å². The third kappa shape index (κ3) is 5.96. The van der Waals surface area contributed by atoms with Gasteiger partial charge in [-0.1, -0.05) is 12.1 Å². The van der Waals surface area contributed by atoms with E-state index in [0.29, 0.717) is 31.8 Å².